The summed E-state index contributed by atoms with van der Waals surface area (Å²) in [5, 5.41) is 31.4. The van der Waals surface area contributed by atoms with Crippen LogP contribution in [0.25, 0.3) is 0 Å². The molecule has 6 N–H and O–H groups in total. The molecule has 0 spiro atoms. The Hall–Kier alpha value is -4.18. The number of pyridine rings is 1. The second kappa shape index (κ2) is 9.46. The van der Waals surface area contributed by atoms with Crippen molar-refractivity contribution in [3.05, 3.63) is 65.1 Å². The molecule has 36 heavy (non-hydrogen) atoms. The highest BCUT2D eigenvalue weighted by Crippen LogP contribution is 2.36. The number of aliphatic hydroxyl groups is 1. The molecule has 0 saturated heterocycles. The quantitative estimate of drug-likeness (QED) is 0.320. The minimum Gasteiger partial charge on any atom is -0.508 e. The van der Waals surface area contributed by atoms with E-state index in [-0.39, 0.29) is 46.6 Å². The van der Waals surface area contributed by atoms with Crippen molar-refractivity contribution in [2.24, 2.45) is 0 Å². The van der Waals surface area contributed by atoms with E-state index in [4.69, 9.17) is 0 Å². The van der Waals surface area contributed by atoms with Gasteiger partial charge in [-0.05, 0) is 68.5 Å². The summed E-state index contributed by atoms with van der Waals surface area (Å²) in [5.41, 5.74) is 2.17. The average Bonchev–Trinajstić information content (AvgIpc) is 2.99. The molecule has 0 unspecified atom stereocenters. The molecule has 0 radical (unpaired) electrons. The number of nitrogens with zero attached hydrogens (tertiary/aromatic N) is 1. The van der Waals surface area contributed by atoms with Crippen LogP contribution in [0.15, 0.2) is 42.6 Å². The van der Waals surface area contributed by atoms with Crippen LogP contribution in [0.1, 0.15) is 52.0 Å². The number of aromatic hydroxyl groups is 1. The standard InChI is InChI=1S/C26H26FN5O4/c1-13-10-17(27)20(12-22(13)34)30-19-8-9-28-24-23(19)26(36)32-21-11-14(2-7-18(21)31-24)25(35)29-15-3-5-16(33)6-4-15/h2,7-12,15-16,33-34H,3-6H2,1H3,(H,29,35)(H,32,36)(H2,28,30,31). The van der Waals surface area contributed by atoms with Gasteiger partial charge in [0, 0.05) is 23.9 Å². The first-order valence-electron chi connectivity index (χ1n) is 11.7. The van der Waals surface area contributed by atoms with Crippen molar-refractivity contribution in [1.29, 1.82) is 0 Å². The summed E-state index contributed by atoms with van der Waals surface area (Å²) in [6, 6.07) is 8.92. The van der Waals surface area contributed by atoms with Gasteiger partial charge in [0.25, 0.3) is 11.8 Å². The van der Waals surface area contributed by atoms with Gasteiger partial charge in [-0.15, -0.1) is 0 Å². The van der Waals surface area contributed by atoms with E-state index in [1.807, 2.05) is 0 Å². The predicted octanol–water partition coefficient (Wildman–Crippen LogP) is 4.32. The number of aromatic nitrogens is 1. The Balaban J connectivity index is 1.39. The number of nitrogens with one attached hydrogen (secondary N) is 4. The molecule has 1 aliphatic heterocycles. The zero-order chi connectivity index (χ0) is 25.4. The molecule has 10 heteroatoms. The van der Waals surface area contributed by atoms with Gasteiger partial charge in [-0.1, -0.05) is 0 Å². The number of halogens is 1. The Morgan fingerprint density at radius 1 is 1.06 bits per heavy atom. The highest BCUT2D eigenvalue weighted by molar-refractivity contribution is 6.15. The molecule has 2 amide bonds. The van der Waals surface area contributed by atoms with Gasteiger partial charge < -0.3 is 31.5 Å². The van der Waals surface area contributed by atoms with Gasteiger partial charge >= 0.3 is 0 Å². The zero-order valence-electron chi connectivity index (χ0n) is 19.6. The van der Waals surface area contributed by atoms with Crippen LogP contribution in [0.3, 0.4) is 0 Å². The number of fused-ring (bicyclic) bond motifs is 2. The first kappa shape index (κ1) is 23.6. The molecule has 1 aromatic heterocycles. The third-order valence-corrected chi connectivity index (χ3v) is 6.55. The fraction of sp³-hybridized carbons (Fsp3) is 0.269. The number of rotatable bonds is 4. The number of carbonyl (C=O) groups excluding carboxylic acids is 2. The van der Waals surface area contributed by atoms with Crippen LogP contribution in [0.2, 0.25) is 0 Å². The van der Waals surface area contributed by atoms with Crippen molar-refractivity contribution in [3.8, 4) is 5.75 Å². The average molecular weight is 492 g/mol. The van der Waals surface area contributed by atoms with Gasteiger partial charge in [0.2, 0.25) is 0 Å². The molecule has 1 fully saturated rings. The molecule has 2 aromatic carbocycles. The number of phenolic OH excluding ortho intramolecular Hbond substituents is 1. The number of anilines is 5. The van der Waals surface area contributed by atoms with E-state index in [1.54, 1.807) is 25.1 Å². The number of hydrogen-bond donors (Lipinski definition) is 6. The van der Waals surface area contributed by atoms with E-state index in [0.717, 1.165) is 0 Å². The van der Waals surface area contributed by atoms with E-state index in [0.29, 0.717) is 48.2 Å². The summed E-state index contributed by atoms with van der Waals surface area (Å²) >= 11 is 0. The third-order valence-electron chi connectivity index (χ3n) is 6.55. The van der Waals surface area contributed by atoms with E-state index >= 15 is 0 Å². The van der Waals surface area contributed by atoms with Gasteiger partial charge in [-0.25, -0.2) is 9.37 Å². The lowest BCUT2D eigenvalue weighted by atomic mass is 9.93. The maximum absolute atomic E-state index is 14.5. The van der Waals surface area contributed by atoms with Gasteiger partial charge in [0.15, 0.2) is 0 Å². The summed E-state index contributed by atoms with van der Waals surface area (Å²) in [5.74, 6) is -1.16. The minimum atomic E-state index is -0.579. The summed E-state index contributed by atoms with van der Waals surface area (Å²) in [6.07, 6.45) is 3.90. The molecule has 0 bridgehead atoms. The summed E-state index contributed by atoms with van der Waals surface area (Å²) in [7, 11) is 0. The van der Waals surface area contributed by atoms with E-state index in [1.165, 1.54) is 24.4 Å². The lowest BCUT2D eigenvalue weighted by molar-refractivity contribution is 0.0867. The molecule has 0 atom stereocenters. The number of aryl methyl sites for hydroxylation is 1. The van der Waals surface area contributed by atoms with Crippen LogP contribution >= 0.6 is 0 Å². The van der Waals surface area contributed by atoms with Crippen LogP contribution in [0.4, 0.5) is 33.0 Å². The van der Waals surface area contributed by atoms with E-state index in [9.17, 15) is 24.2 Å². The fourth-order valence-electron chi connectivity index (χ4n) is 4.49. The minimum absolute atomic E-state index is 0.00359. The van der Waals surface area contributed by atoms with Crippen LogP contribution in [0, 0.1) is 12.7 Å². The molecular formula is C26H26FN5O4. The van der Waals surface area contributed by atoms with Gasteiger partial charge in [0.1, 0.15) is 22.9 Å². The van der Waals surface area contributed by atoms with Crippen molar-refractivity contribution in [2.75, 3.05) is 16.0 Å². The highest BCUT2D eigenvalue weighted by Gasteiger charge is 2.26. The number of phenols is 1. The first-order valence-corrected chi connectivity index (χ1v) is 11.7. The maximum atomic E-state index is 14.5. The van der Waals surface area contributed by atoms with Crippen molar-refractivity contribution in [2.45, 2.75) is 44.8 Å². The monoisotopic (exact) mass is 491 g/mol. The van der Waals surface area contributed by atoms with Crippen LogP contribution in [0.5, 0.6) is 5.75 Å². The van der Waals surface area contributed by atoms with Crippen LogP contribution in [-0.2, 0) is 0 Å². The lowest BCUT2D eigenvalue weighted by Gasteiger charge is -2.26. The molecule has 2 aliphatic rings. The second-order valence-corrected chi connectivity index (χ2v) is 9.14. The second-order valence-electron chi connectivity index (χ2n) is 9.14. The van der Waals surface area contributed by atoms with E-state index in [2.05, 4.69) is 26.3 Å². The maximum Gasteiger partial charge on any atom is 0.261 e. The number of aliphatic hydroxyl groups excluding tert-OH is 1. The Labute approximate surface area is 206 Å². The Kier molecular flexibility index (Phi) is 6.19. The summed E-state index contributed by atoms with van der Waals surface area (Å²) in [4.78, 5) is 30.3. The molecule has 3 aromatic rings. The van der Waals surface area contributed by atoms with E-state index < -0.39 is 11.7 Å². The predicted molar refractivity (Wildman–Crippen MR) is 134 cm³/mol. The Morgan fingerprint density at radius 3 is 2.61 bits per heavy atom. The van der Waals surface area contributed by atoms with Gasteiger partial charge in [-0.3, -0.25) is 9.59 Å². The van der Waals surface area contributed by atoms with Crippen LogP contribution < -0.4 is 21.3 Å². The summed E-state index contributed by atoms with van der Waals surface area (Å²) in [6.45, 7) is 1.59. The smallest absolute Gasteiger partial charge is 0.261 e. The third kappa shape index (κ3) is 4.67. The van der Waals surface area contributed by atoms with Crippen molar-refractivity contribution in [3.63, 3.8) is 0 Å². The molecule has 1 saturated carbocycles. The summed E-state index contributed by atoms with van der Waals surface area (Å²) < 4.78 is 14.5. The van der Waals surface area contributed by atoms with Gasteiger partial charge in [0.05, 0.1) is 28.9 Å². The topological polar surface area (TPSA) is 136 Å². The molecule has 2 heterocycles. The normalized spacial score (nSPS) is 18.7. The van der Waals surface area contributed by atoms with Crippen LogP contribution in [-0.4, -0.2) is 39.2 Å². The SMILES string of the molecule is Cc1cc(F)c(Nc2ccnc3c2C(=O)Nc2cc(C(=O)NC4CCC(O)CC4)ccc2N3)cc1O. The molecule has 5 rings (SSSR count). The molecular weight excluding hydrogens is 465 g/mol. The lowest BCUT2D eigenvalue weighted by Crippen LogP contribution is -2.38. The molecule has 9 nitrogen and oxygen atoms in total. The van der Waals surface area contributed by atoms with Crippen molar-refractivity contribution >= 4 is 40.4 Å². The number of hydrogen-bond acceptors (Lipinski definition) is 7. The number of benzene rings is 2. The highest BCUT2D eigenvalue weighted by atomic mass is 19.1. The fourth-order valence-corrected chi connectivity index (χ4v) is 4.49. The van der Waals surface area contributed by atoms with Crippen molar-refractivity contribution in [1.82, 2.24) is 10.3 Å². The largest absolute Gasteiger partial charge is 0.508 e. The Morgan fingerprint density at radius 2 is 1.83 bits per heavy atom. The number of amides is 2. The first-order chi connectivity index (χ1) is 17.3. The zero-order valence-corrected chi connectivity index (χ0v) is 19.6. The Bertz CT molecular complexity index is 1350. The molecule has 186 valence electrons. The van der Waals surface area contributed by atoms with Crippen molar-refractivity contribution < 1.29 is 24.2 Å². The number of carbonyl (C=O) groups is 2. The molecule has 1 aliphatic carbocycles. The van der Waals surface area contributed by atoms with Gasteiger partial charge in [-0.2, -0.15) is 0 Å².